The van der Waals surface area contributed by atoms with Crippen molar-refractivity contribution < 1.29 is 13.9 Å². The molecule has 2 aliphatic rings. The van der Waals surface area contributed by atoms with Crippen LogP contribution in [0, 0.1) is 5.82 Å². The summed E-state index contributed by atoms with van der Waals surface area (Å²) in [5.74, 6) is 0.786. The van der Waals surface area contributed by atoms with Crippen molar-refractivity contribution in [1.82, 2.24) is 25.2 Å². The van der Waals surface area contributed by atoms with E-state index in [1.807, 2.05) is 4.90 Å². The first-order chi connectivity index (χ1) is 13.7. The van der Waals surface area contributed by atoms with Crippen LogP contribution in [0.1, 0.15) is 0 Å². The number of urea groups is 1. The summed E-state index contributed by atoms with van der Waals surface area (Å²) in [5, 5.41) is 3.00. The Bertz CT molecular complexity index is 1000. The number of fused-ring (bicyclic) bond motifs is 1. The number of halogens is 1. The lowest BCUT2D eigenvalue weighted by molar-refractivity contribution is 0.0440. The summed E-state index contributed by atoms with van der Waals surface area (Å²) in [6.45, 7) is 2.33. The maximum atomic E-state index is 13.7. The first kappa shape index (κ1) is 17.1. The molecule has 4 heterocycles. The number of hydrogen-bond donors (Lipinski definition) is 1. The van der Waals surface area contributed by atoms with Gasteiger partial charge in [-0.15, -0.1) is 11.3 Å². The summed E-state index contributed by atoms with van der Waals surface area (Å²) < 4.78 is 20.4. The number of ether oxygens (including phenoxy) is 1. The molecule has 8 nitrogen and oxygen atoms in total. The van der Waals surface area contributed by atoms with Crippen LogP contribution in [0.4, 0.5) is 15.1 Å². The van der Waals surface area contributed by atoms with Gasteiger partial charge in [-0.25, -0.2) is 24.1 Å². The van der Waals surface area contributed by atoms with E-state index in [-0.39, 0.29) is 24.0 Å². The summed E-state index contributed by atoms with van der Waals surface area (Å²) in [6, 6.07) is 4.51. The highest BCUT2D eigenvalue weighted by atomic mass is 32.1. The van der Waals surface area contributed by atoms with Crippen LogP contribution in [0.3, 0.4) is 0 Å². The van der Waals surface area contributed by atoms with E-state index >= 15 is 0 Å². The van der Waals surface area contributed by atoms with Crippen LogP contribution >= 0.6 is 11.3 Å². The number of nitrogens with zero attached hydrogens (tertiary/aromatic N) is 5. The van der Waals surface area contributed by atoms with Crippen molar-refractivity contribution in [1.29, 1.82) is 0 Å². The minimum Gasteiger partial charge on any atom is -0.485 e. The number of benzene rings is 1. The van der Waals surface area contributed by atoms with E-state index in [1.54, 1.807) is 28.9 Å². The number of anilines is 1. The second kappa shape index (κ2) is 6.86. The molecule has 0 bridgehead atoms. The molecule has 1 N–H and O–H groups in total. The molecular weight excluding hydrogens is 383 g/mol. The number of rotatable bonds is 4. The second-order valence-electron chi connectivity index (χ2n) is 6.85. The van der Waals surface area contributed by atoms with Crippen LogP contribution in [-0.4, -0.2) is 64.2 Å². The number of carbonyl (C=O) groups is 1. The molecule has 0 radical (unpaired) electrons. The van der Waals surface area contributed by atoms with Crippen LogP contribution in [0.25, 0.3) is 10.2 Å². The predicted octanol–water partition coefficient (Wildman–Crippen LogP) is 1.89. The van der Waals surface area contributed by atoms with Gasteiger partial charge in [0.15, 0.2) is 0 Å². The van der Waals surface area contributed by atoms with Crippen molar-refractivity contribution in [2.75, 3.05) is 31.1 Å². The van der Waals surface area contributed by atoms with Gasteiger partial charge in [0, 0.05) is 37.6 Å². The zero-order valence-corrected chi connectivity index (χ0v) is 15.6. The van der Waals surface area contributed by atoms with Crippen LogP contribution in [0.2, 0.25) is 0 Å². The number of hydrogen-bond acceptors (Lipinski definition) is 7. The van der Waals surface area contributed by atoms with Crippen LogP contribution < -0.4 is 15.0 Å². The predicted molar refractivity (Wildman–Crippen MR) is 102 cm³/mol. The Morgan fingerprint density at radius 1 is 1.18 bits per heavy atom. The summed E-state index contributed by atoms with van der Waals surface area (Å²) >= 11 is 1.41. The lowest BCUT2D eigenvalue weighted by Gasteiger charge is -2.43. The third kappa shape index (κ3) is 3.19. The second-order valence-corrected chi connectivity index (χ2v) is 7.70. The Balaban J connectivity index is 1.10. The van der Waals surface area contributed by atoms with Crippen molar-refractivity contribution in [2.45, 2.75) is 12.1 Å². The van der Waals surface area contributed by atoms with E-state index in [2.05, 4.69) is 20.3 Å². The SMILES string of the molecule is O=C(NC1CN(c2ncccn2)C1)N1CC(Oc2cc(F)cc3ncsc23)C1. The maximum absolute atomic E-state index is 13.7. The van der Waals surface area contributed by atoms with E-state index in [9.17, 15) is 9.18 Å². The average molecular weight is 400 g/mol. The molecule has 3 aromatic rings. The maximum Gasteiger partial charge on any atom is 0.317 e. The monoisotopic (exact) mass is 400 g/mol. The van der Waals surface area contributed by atoms with E-state index in [4.69, 9.17) is 4.74 Å². The minimum atomic E-state index is -0.376. The molecule has 28 heavy (non-hydrogen) atoms. The molecule has 2 aliphatic heterocycles. The highest BCUT2D eigenvalue weighted by molar-refractivity contribution is 7.17. The van der Waals surface area contributed by atoms with Crippen molar-refractivity contribution in [3.8, 4) is 5.75 Å². The molecular formula is C18H17FN6O2S. The Labute approximate surface area is 164 Å². The molecule has 2 amide bonds. The zero-order valence-electron chi connectivity index (χ0n) is 14.8. The Kier molecular flexibility index (Phi) is 4.19. The topological polar surface area (TPSA) is 83.5 Å². The first-order valence-corrected chi connectivity index (χ1v) is 9.80. The number of aromatic nitrogens is 3. The highest BCUT2D eigenvalue weighted by Crippen LogP contribution is 2.32. The van der Waals surface area contributed by atoms with Gasteiger partial charge in [-0.2, -0.15) is 0 Å². The molecule has 2 aromatic heterocycles. The number of amides is 2. The lowest BCUT2D eigenvalue weighted by Crippen LogP contribution is -2.65. The molecule has 0 atom stereocenters. The Hall–Kier alpha value is -3.01. The molecule has 0 spiro atoms. The van der Waals surface area contributed by atoms with Crippen molar-refractivity contribution in [2.24, 2.45) is 0 Å². The Morgan fingerprint density at radius 2 is 1.96 bits per heavy atom. The fourth-order valence-electron chi connectivity index (χ4n) is 3.30. The average Bonchev–Trinajstić information content (AvgIpc) is 3.09. The van der Waals surface area contributed by atoms with Gasteiger partial charge >= 0.3 is 6.03 Å². The molecule has 0 saturated carbocycles. The highest BCUT2D eigenvalue weighted by Gasteiger charge is 2.36. The summed E-state index contributed by atoms with van der Waals surface area (Å²) in [7, 11) is 0. The van der Waals surface area contributed by atoms with Gasteiger partial charge in [0.25, 0.3) is 0 Å². The van der Waals surface area contributed by atoms with Crippen LogP contribution in [0.15, 0.2) is 36.1 Å². The lowest BCUT2D eigenvalue weighted by atomic mass is 10.1. The minimum absolute atomic E-state index is 0.0799. The smallest absolute Gasteiger partial charge is 0.317 e. The fraction of sp³-hybridized carbons (Fsp3) is 0.333. The molecule has 2 saturated heterocycles. The molecule has 1 aromatic carbocycles. The molecule has 2 fully saturated rings. The number of thiazole rings is 1. The van der Waals surface area contributed by atoms with Gasteiger partial charge in [-0.05, 0) is 6.07 Å². The summed E-state index contributed by atoms with van der Waals surface area (Å²) in [6.07, 6.45) is 3.26. The number of likely N-dealkylation sites (tertiary alicyclic amines) is 1. The van der Waals surface area contributed by atoms with Crippen molar-refractivity contribution in [3.63, 3.8) is 0 Å². The van der Waals surface area contributed by atoms with E-state index in [0.717, 1.165) is 4.70 Å². The van der Waals surface area contributed by atoms with E-state index in [1.165, 1.54) is 23.5 Å². The van der Waals surface area contributed by atoms with Crippen molar-refractivity contribution >= 4 is 33.5 Å². The third-order valence-corrected chi connectivity index (χ3v) is 5.69. The third-order valence-electron chi connectivity index (χ3n) is 4.84. The van der Waals surface area contributed by atoms with E-state index in [0.29, 0.717) is 43.4 Å². The largest absolute Gasteiger partial charge is 0.485 e. The van der Waals surface area contributed by atoms with Crippen molar-refractivity contribution in [3.05, 3.63) is 41.9 Å². The van der Waals surface area contributed by atoms with E-state index < -0.39 is 0 Å². The summed E-state index contributed by atoms with van der Waals surface area (Å²) in [4.78, 5) is 28.6. The normalized spacial score (nSPS) is 17.3. The van der Waals surface area contributed by atoms with Crippen LogP contribution in [-0.2, 0) is 0 Å². The van der Waals surface area contributed by atoms with Gasteiger partial charge < -0.3 is 19.9 Å². The van der Waals surface area contributed by atoms with Gasteiger partial charge in [0.05, 0.1) is 34.9 Å². The van der Waals surface area contributed by atoms with Gasteiger partial charge in [-0.3, -0.25) is 0 Å². The summed E-state index contributed by atoms with van der Waals surface area (Å²) in [5.41, 5.74) is 2.26. The standard InChI is InChI=1S/C18H17FN6O2S/c19-11-4-14-16(28-10-22-14)15(5-11)27-13-8-25(9-13)18(26)23-12-6-24(7-12)17-20-2-1-3-21-17/h1-5,10,12-13H,6-9H2,(H,23,26). The first-order valence-electron chi connectivity index (χ1n) is 8.92. The van der Waals surface area contributed by atoms with Gasteiger partial charge in [-0.1, -0.05) is 0 Å². The molecule has 0 unspecified atom stereocenters. The van der Waals surface area contributed by atoms with Gasteiger partial charge in [0.2, 0.25) is 5.95 Å². The fourth-order valence-corrected chi connectivity index (χ4v) is 4.03. The molecule has 144 valence electrons. The quantitative estimate of drug-likeness (QED) is 0.720. The number of nitrogens with one attached hydrogen (secondary N) is 1. The molecule has 10 heteroatoms. The van der Waals surface area contributed by atoms with Crippen LogP contribution in [0.5, 0.6) is 5.75 Å². The van der Waals surface area contributed by atoms with Gasteiger partial charge in [0.1, 0.15) is 17.7 Å². The molecule has 0 aliphatic carbocycles. The Morgan fingerprint density at radius 3 is 2.75 bits per heavy atom. The zero-order chi connectivity index (χ0) is 19.1. The number of carbonyl (C=O) groups excluding carboxylic acids is 1. The molecule has 5 rings (SSSR count).